The number of carbonyl (C=O) groups excluding carboxylic acids is 1. The van der Waals surface area contributed by atoms with Crippen LogP contribution in [-0.4, -0.2) is 36.7 Å². The van der Waals surface area contributed by atoms with E-state index in [1.165, 1.54) is 0 Å². The predicted molar refractivity (Wildman–Crippen MR) is 65.9 cm³/mol. The van der Waals surface area contributed by atoms with Crippen LogP contribution in [0.25, 0.3) is 0 Å². The van der Waals surface area contributed by atoms with Crippen molar-refractivity contribution >= 4 is 11.7 Å². The number of oxime groups is 1. The molecule has 1 amide bonds. The molecule has 0 aromatic carbocycles. The Morgan fingerprint density at radius 2 is 2.18 bits per heavy atom. The molecular weight excluding hydrogens is 222 g/mol. The van der Waals surface area contributed by atoms with Crippen molar-refractivity contribution in [1.82, 2.24) is 5.32 Å². The van der Waals surface area contributed by atoms with Crippen LogP contribution in [0.3, 0.4) is 0 Å². The molecule has 0 spiro atoms. The van der Waals surface area contributed by atoms with Crippen molar-refractivity contribution in [3.8, 4) is 0 Å². The molecule has 0 heterocycles. The molecular formula is C11H23N3O3. The summed E-state index contributed by atoms with van der Waals surface area (Å²) in [7, 11) is 1.62. The van der Waals surface area contributed by atoms with Gasteiger partial charge in [-0.15, -0.1) is 0 Å². The van der Waals surface area contributed by atoms with Gasteiger partial charge in [-0.2, -0.15) is 0 Å². The maximum Gasteiger partial charge on any atom is 0.220 e. The summed E-state index contributed by atoms with van der Waals surface area (Å²) >= 11 is 0. The SMILES string of the molecule is COC(C)CCC(=O)NCC(C)(C)C(N)=NO. The molecule has 0 aliphatic carbocycles. The predicted octanol–water partition coefficient (Wildman–Crippen LogP) is 0.690. The smallest absolute Gasteiger partial charge is 0.220 e. The zero-order chi connectivity index (χ0) is 13.5. The summed E-state index contributed by atoms with van der Waals surface area (Å²) in [6.45, 7) is 5.83. The second-order valence-electron chi connectivity index (χ2n) is 4.73. The van der Waals surface area contributed by atoms with Gasteiger partial charge in [0.15, 0.2) is 0 Å². The average Bonchev–Trinajstić information content (AvgIpc) is 2.32. The van der Waals surface area contributed by atoms with Crippen molar-refractivity contribution in [3.63, 3.8) is 0 Å². The number of nitrogens with two attached hydrogens (primary N) is 1. The third-order valence-corrected chi connectivity index (χ3v) is 2.71. The molecule has 17 heavy (non-hydrogen) atoms. The lowest BCUT2D eigenvalue weighted by Gasteiger charge is -2.23. The number of ether oxygens (including phenoxy) is 1. The lowest BCUT2D eigenvalue weighted by Crippen LogP contribution is -2.42. The molecule has 4 N–H and O–H groups in total. The van der Waals surface area contributed by atoms with E-state index in [0.717, 1.165) is 0 Å². The summed E-state index contributed by atoms with van der Waals surface area (Å²) in [4.78, 5) is 11.5. The molecule has 0 aliphatic rings. The molecule has 0 saturated carbocycles. The van der Waals surface area contributed by atoms with Crippen molar-refractivity contribution in [2.45, 2.75) is 39.7 Å². The second-order valence-corrected chi connectivity index (χ2v) is 4.73. The fourth-order valence-corrected chi connectivity index (χ4v) is 1.09. The van der Waals surface area contributed by atoms with Gasteiger partial charge in [-0.3, -0.25) is 4.79 Å². The summed E-state index contributed by atoms with van der Waals surface area (Å²) in [6.07, 6.45) is 1.14. The van der Waals surface area contributed by atoms with Crippen LogP contribution in [-0.2, 0) is 9.53 Å². The number of hydrogen-bond acceptors (Lipinski definition) is 4. The Kier molecular flexibility index (Phi) is 6.57. The van der Waals surface area contributed by atoms with Crippen LogP contribution in [0.5, 0.6) is 0 Å². The number of nitrogens with zero attached hydrogens (tertiary/aromatic N) is 1. The minimum atomic E-state index is -0.558. The molecule has 0 fully saturated rings. The van der Waals surface area contributed by atoms with Crippen LogP contribution < -0.4 is 11.1 Å². The van der Waals surface area contributed by atoms with Crippen LogP contribution in [0.4, 0.5) is 0 Å². The van der Waals surface area contributed by atoms with Crippen LogP contribution in [0.2, 0.25) is 0 Å². The fraction of sp³-hybridized carbons (Fsp3) is 0.818. The van der Waals surface area contributed by atoms with Gasteiger partial charge in [-0.05, 0) is 13.3 Å². The molecule has 0 radical (unpaired) electrons. The Labute approximate surface area is 102 Å². The van der Waals surface area contributed by atoms with E-state index in [0.29, 0.717) is 19.4 Å². The van der Waals surface area contributed by atoms with E-state index in [-0.39, 0.29) is 17.8 Å². The third kappa shape index (κ3) is 6.11. The number of methoxy groups -OCH3 is 1. The van der Waals surface area contributed by atoms with Crippen molar-refractivity contribution in [2.75, 3.05) is 13.7 Å². The van der Waals surface area contributed by atoms with E-state index in [2.05, 4.69) is 10.5 Å². The molecule has 0 aromatic rings. The Morgan fingerprint density at radius 1 is 1.59 bits per heavy atom. The van der Waals surface area contributed by atoms with Crippen molar-refractivity contribution in [1.29, 1.82) is 0 Å². The monoisotopic (exact) mass is 245 g/mol. The molecule has 0 aliphatic heterocycles. The maximum absolute atomic E-state index is 11.5. The molecule has 6 heteroatoms. The van der Waals surface area contributed by atoms with Crippen LogP contribution in [0.1, 0.15) is 33.6 Å². The minimum Gasteiger partial charge on any atom is -0.409 e. The fourth-order valence-electron chi connectivity index (χ4n) is 1.09. The molecule has 0 bridgehead atoms. The first-order valence-electron chi connectivity index (χ1n) is 5.61. The van der Waals surface area contributed by atoms with Crippen LogP contribution in [0.15, 0.2) is 5.16 Å². The number of nitrogens with one attached hydrogen (secondary N) is 1. The first-order chi connectivity index (χ1) is 7.83. The lowest BCUT2D eigenvalue weighted by atomic mass is 9.92. The standard InChI is InChI=1S/C11H23N3O3/c1-8(17-4)5-6-9(15)13-7-11(2,3)10(12)14-16/h8,16H,5-7H2,1-4H3,(H2,12,14)(H,13,15). The Morgan fingerprint density at radius 3 is 2.65 bits per heavy atom. The summed E-state index contributed by atoms with van der Waals surface area (Å²) in [5, 5.41) is 14.3. The molecule has 1 unspecified atom stereocenters. The summed E-state index contributed by atoms with van der Waals surface area (Å²) in [6, 6.07) is 0. The molecule has 1 atom stereocenters. The summed E-state index contributed by atoms with van der Waals surface area (Å²) < 4.78 is 5.05. The van der Waals surface area contributed by atoms with Gasteiger partial charge in [0.1, 0.15) is 5.84 Å². The summed E-state index contributed by atoms with van der Waals surface area (Å²) in [5.41, 5.74) is 4.95. The Bertz CT molecular complexity index is 277. The first kappa shape index (κ1) is 15.7. The zero-order valence-electron chi connectivity index (χ0n) is 11.0. The lowest BCUT2D eigenvalue weighted by molar-refractivity contribution is -0.122. The highest BCUT2D eigenvalue weighted by Gasteiger charge is 2.24. The average molecular weight is 245 g/mol. The van der Waals surface area contributed by atoms with E-state index in [1.807, 2.05) is 6.92 Å². The number of rotatable bonds is 7. The number of amides is 1. The Hall–Kier alpha value is -1.30. The van der Waals surface area contributed by atoms with Gasteiger partial charge < -0.3 is 21.0 Å². The van der Waals surface area contributed by atoms with Gasteiger partial charge in [0, 0.05) is 25.5 Å². The maximum atomic E-state index is 11.5. The topological polar surface area (TPSA) is 96.9 Å². The zero-order valence-corrected chi connectivity index (χ0v) is 11.0. The van der Waals surface area contributed by atoms with E-state index in [4.69, 9.17) is 15.7 Å². The summed E-state index contributed by atoms with van der Waals surface area (Å²) in [5.74, 6) is 0.0378. The van der Waals surface area contributed by atoms with Crippen molar-refractivity contribution < 1.29 is 14.7 Å². The van der Waals surface area contributed by atoms with Gasteiger partial charge in [0.05, 0.1) is 6.10 Å². The molecule has 0 rings (SSSR count). The quantitative estimate of drug-likeness (QED) is 0.266. The van der Waals surface area contributed by atoms with Gasteiger partial charge in [0.25, 0.3) is 0 Å². The van der Waals surface area contributed by atoms with Gasteiger partial charge in [-0.1, -0.05) is 19.0 Å². The third-order valence-electron chi connectivity index (χ3n) is 2.71. The second kappa shape index (κ2) is 7.11. The largest absolute Gasteiger partial charge is 0.409 e. The van der Waals surface area contributed by atoms with Gasteiger partial charge >= 0.3 is 0 Å². The van der Waals surface area contributed by atoms with E-state index in [1.54, 1.807) is 21.0 Å². The van der Waals surface area contributed by atoms with Gasteiger partial charge in [-0.25, -0.2) is 0 Å². The number of hydrogen-bond donors (Lipinski definition) is 3. The number of amidine groups is 1. The van der Waals surface area contributed by atoms with Crippen LogP contribution >= 0.6 is 0 Å². The highest BCUT2D eigenvalue weighted by atomic mass is 16.5. The van der Waals surface area contributed by atoms with E-state index < -0.39 is 5.41 Å². The van der Waals surface area contributed by atoms with Gasteiger partial charge in [0.2, 0.25) is 5.91 Å². The molecule has 0 aromatic heterocycles. The van der Waals surface area contributed by atoms with E-state index >= 15 is 0 Å². The van der Waals surface area contributed by atoms with Crippen molar-refractivity contribution in [2.24, 2.45) is 16.3 Å². The normalized spacial score (nSPS) is 14.5. The number of carbonyl (C=O) groups is 1. The van der Waals surface area contributed by atoms with Crippen molar-refractivity contribution in [3.05, 3.63) is 0 Å². The Balaban J connectivity index is 4.00. The molecule has 0 saturated heterocycles. The molecule has 100 valence electrons. The van der Waals surface area contributed by atoms with E-state index in [9.17, 15) is 4.79 Å². The highest BCUT2D eigenvalue weighted by Crippen LogP contribution is 2.13. The van der Waals surface area contributed by atoms with Crippen LogP contribution in [0, 0.1) is 5.41 Å². The molecule has 6 nitrogen and oxygen atoms in total. The first-order valence-corrected chi connectivity index (χ1v) is 5.61. The highest BCUT2D eigenvalue weighted by molar-refractivity contribution is 5.86. The minimum absolute atomic E-state index is 0.0623.